The van der Waals surface area contributed by atoms with Gasteiger partial charge in [-0.3, -0.25) is 4.90 Å². The first-order chi connectivity index (χ1) is 10.1. The summed E-state index contributed by atoms with van der Waals surface area (Å²) in [5.74, 6) is 0.841. The molecule has 2 rings (SSSR count). The number of halogens is 1. The second kappa shape index (κ2) is 9.36. The van der Waals surface area contributed by atoms with Gasteiger partial charge in [-0.2, -0.15) is 0 Å². The zero-order valence-corrected chi connectivity index (χ0v) is 14.6. The normalized spacial score (nSPS) is 17.8. The minimum atomic E-state index is -0.431. The molecule has 1 aromatic rings. The van der Waals surface area contributed by atoms with Crippen molar-refractivity contribution in [3.63, 3.8) is 0 Å². The number of ether oxygens (including phenoxy) is 1. The highest BCUT2D eigenvalue weighted by Gasteiger charge is 2.18. The van der Waals surface area contributed by atoms with Crippen LogP contribution >= 0.6 is 0 Å². The number of rotatable bonds is 6. The average Bonchev–Trinajstić information content (AvgIpc) is 2.49. The standard InChI is InChI=1S/C17H28N2O2.ClH/c1-4-18-7-9-19(10-8-18)12-16(20)13-21-17-6-5-14(2)15(3)11-17;/h5-6,11,16,20H,4,7-10,12-13H2,1-3H3;1H/p-1. The summed E-state index contributed by atoms with van der Waals surface area (Å²) in [7, 11) is 0. The third-order valence-corrected chi connectivity index (χ3v) is 4.30. The van der Waals surface area contributed by atoms with E-state index >= 15 is 0 Å². The van der Waals surface area contributed by atoms with E-state index in [0.29, 0.717) is 13.2 Å². The molecule has 0 aromatic heterocycles. The van der Waals surface area contributed by atoms with Crippen molar-refractivity contribution in [3.05, 3.63) is 29.3 Å². The Balaban J connectivity index is 0.00000242. The van der Waals surface area contributed by atoms with Crippen molar-refractivity contribution in [3.8, 4) is 5.75 Å². The van der Waals surface area contributed by atoms with E-state index in [9.17, 15) is 5.11 Å². The second-order valence-corrected chi connectivity index (χ2v) is 5.95. The molecule has 4 nitrogen and oxygen atoms in total. The Morgan fingerprint density at radius 2 is 1.73 bits per heavy atom. The number of hydrogen-bond acceptors (Lipinski definition) is 4. The number of hydrogen-bond donors (Lipinski definition) is 1. The van der Waals surface area contributed by atoms with E-state index in [1.165, 1.54) is 11.1 Å². The maximum atomic E-state index is 10.1. The maximum Gasteiger partial charge on any atom is 0.119 e. The fourth-order valence-corrected chi connectivity index (χ4v) is 2.63. The summed E-state index contributed by atoms with van der Waals surface area (Å²) in [6.45, 7) is 12.8. The molecule has 0 spiro atoms. The number of benzene rings is 1. The molecule has 0 aliphatic carbocycles. The summed E-state index contributed by atoms with van der Waals surface area (Å²) >= 11 is 0. The maximum absolute atomic E-state index is 10.1. The molecule has 1 atom stereocenters. The molecule has 126 valence electrons. The summed E-state index contributed by atoms with van der Waals surface area (Å²) in [5.41, 5.74) is 2.48. The van der Waals surface area contributed by atoms with Crippen LogP contribution in [0.4, 0.5) is 0 Å². The summed E-state index contributed by atoms with van der Waals surface area (Å²) in [6, 6.07) is 6.05. The number of aliphatic hydroxyl groups excluding tert-OH is 1. The number of β-amino-alcohol motifs (C(OH)–C–C–N with tert-alkyl or cyclic N) is 1. The van der Waals surface area contributed by atoms with Crippen LogP contribution in [0.25, 0.3) is 0 Å². The molecule has 1 fully saturated rings. The number of aryl methyl sites for hydroxylation is 2. The summed E-state index contributed by atoms with van der Waals surface area (Å²) in [5, 5.41) is 10.1. The molecule has 1 aliphatic heterocycles. The summed E-state index contributed by atoms with van der Waals surface area (Å²) in [6.07, 6.45) is -0.431. The predicted molar refractivity (Wildman–Crippen MR) is 86.0 cm³/mol. The molecule has 1 heterocycles. The van der Waals surface area contributed by atoms with Gasteiger partial charge in [0.15, 0.2) is 0 Å². The molecule has 1 aromatic carbocycles. The van der Waals surface area contributed by atoms with Crippen molar-refractivity contribution in [2.24, 2.45) is 0 Å². The van der Waals surface area contributed by atoms with Gasteiger partial charge in [0.1, 0.15) is 18.5 Å². The lowest BCUT2D eigenvalue weighted by molar-refractivity contribution is -0.00000721. The summed E-state index contributed by atoms with van der Waals surface area (Å²) in [4.78, 5) is 4.76. The number of aliphatic hydroxyl groups is 1. The SMILES string of the molecule is CCN1CCN(CC(O)COc2ccc(C)c(C)c2)CC1.[Cl-]. The fraction of sp³-hybridized carbons (Fsp3) is 0.647. The van der Waals surface area contributed by atoms with Crippen LogP contribution < -0.4 is 17.1 Å². The Bertz CT molecular complexity index is 448. The average molecular weight is 328 g/mol. The molecule has 22 heavy (non-hydrogen) atoms. The highest BCUT2D eigenvalue weighted by atomic mass is 35.5. The Morgan fingerprint density at radius 1 is 1.09 bits per heavy atom. The van der Waals surface area contributed by atoms with Crippen molar-refractivity contribution in [2.75, 3.05) is 45.9 Å². The van der Waals surface area contributed by atoms with Crippen LogP contribution in [-0.2, 0) is 0 Å². The molecule has 1 saturated heterocycles. The van der Waals surface area contributed by atoms with Gasteiger partial charge in [0.25, 0.3) is 0 Å². The van der Waals surface area contributed by atoms with E-state index < -0.39 is 6.10 Å². The molecule has 0 bridgehead atoms. The van der Waals surface area contributed by atoms with Gasteiger partial charge in [0.2, 0.25) is 0 Å². The van der Waals surface area contributed by atoms with Crippen molar-refractivity contribution < 1.29 is 22.3 Å². The van der Waals surface area contributed by atoms with Gasteiger partial charge in [0.05, 0.1) is 0 Å². The van der Waals surface area contributed by atoms with Crippen molar-refractivity contribution >= 4 is 0 Å². The van der Waals surface area contributed by atoms with E-state index in [0.717, 1.165) is 38.5 Å². The lowest BCUT2D eigenvalue weighted by atomic mass is 10.1. The first-order valence-electron chi connectivity index (χ1n) is 7.91. The van der Waals surface area contributed by atoms with Crippen molar-refractivity contribution in [2.45, 2.75) is 26.9 Å². The second-order valence-electron chi connectivity index (χ2n) is 5.95. The van der Waals surface area contributed by atoms with Crippen LogP contribution in [0.5, 0.6) is 5.75 Å². The largest absolute Gasteiger partial charge is 1.00 e. The van der Waals surface area contributed by atoms with Gasteiger partial charge in [-0.25, -0.2) is 0 Å². The topological polar surface area (TPSA) is 35.9 Å². The van der Waals surface area contributed by atoms with Crippen LogP contribution in [0.3, 0.4) is 0 Å². The Morgan fingerprint density at radius 3 is 2.32 bits per heavy atom. The van der Waals surface area contributed by atoms with Gasteiger partial charge in [0, 0.05) is 32.7 Å². The summed E-state index contributed by atoms with van der Waals surface area (Å²) < 4.78 is 5.70. The molecule has 5 heteroatoms. The molecule has 1 unspecified atom stereocenters. The highest BCUT2D eigenvalue weighted by molar-refractivity contribution is 5.33. The minimum absolute atomic E-state index is 0. The first kappa shape index (κ1) is 19.2. The van der Waals surface area contributed by atoms with E-state index in [-0.39, 0.29) is 12.4 Å². The first-order valence-corrected chi connectivity index (χ1v) is 7.91. The lowest BCUT2D eigenvalue weighted by Gasteiger charge is -2.34. The molecular formula is C17H28ClN2O2-. The van der Waals surface area contributed by atoms with E-state index in [4.69, 9.17) is 4.74 Å². The van der Waals surface area contributed by atoms with E-state index in [1.807, 2.05) is 12.1 Å². The molecule has 1 N–H and O–H groups in total. The molecule has 1 aliphatic rings. The van der Waals surface area contributed by atoms with Gasteiger partial charge in [-0.1, -0.05) is 13.0 Å². The molecule has 0 radical (unpaired) electrons. The van der Waals surface area contributed by atoms with Crippen LogP contribution in [0, 0.1) is 13.8 Å². The van der Waals surface area contributed by atoms with Gasteiger partial charge in [-0.15, -0.1) is 0 Å². The van der Waals surface area contributed by atoms with Crippen molar-refractivity contribution in [1.82, 2.24) is 9.80 Å². The Hall–Kier alpha value is -0.810. The highest BCUT2D eigenvalue weighted by Crippen LogP contribution is 2.16. The van der Waals surface area contributed by atoms with Crippen LogP contribution in [0.15, 0.2) is 18.2 Å². The Labute approximate surface area is 140 Å². The van der Waals surface area contributed by atoms with Gasteiger partial charge >= 0.3 is 0 Å². The third kappa shape index (κ3) is 5.76. The van der Waals surface area contributed by atoms with Crippen LogP contribution in [-0.4, -0.2) is 66.9 Å². The van der Waals surface area contributed by atoms with Gasteiger partial charge < -0.3 is 27.2 Å². The monoisotopic (exact) mass is 327 g/mol. The number of likely N-dealkylation sites (N-methyl/N-ethyl adjacent to an activating group) is 1. The van der Waals surface area contributed by atoms with Crippen LogP contribution in [0.2, 0.25) is 0 Å². The third-order valence-electron chi connectivity index (χ3n) is 4.30. The number of piperazine rings is 1. The lowest BCUT2D eigenvalue weighted by Crippen LogP contribution is -3.00. The fourth-order valence-electron chi connectivity index (χ4n) is 2.63. The zero-order valence-electron chi connectivity index (χ0n) is 13.9. The smallest absolute Gasteiger partial charge is 0.119 e. The number of nitrogens with zero attached hydrogens (tertiary/aromatic N) is 2. The Kier molecular flexibility index (Phi) is 8.18. The molecule has 0 amide bonds. The minimum Gasteiger partial charge on any atom is -1.00 e. The quantitative estimate of drug-likeness (QED) is 0.703. The predicted octanol–water partition coefficient (Wildman–Crippen LogP) is -1.32. The van der Waals surface area contributed by atoms with Crippen molar-refractivity contribution in [1.29, 1.82) is 0 Å². The van der Waals surface area contributed by atoms with E-state index in [2.05, 4.69) is 36.6 Å². The molecular weight excluding hydrogens is 300 g/mol. The van der Waals surface area contributed by atoms with E-state index in [1.54, 1.807) is 0 Å². The van der Waals surface area contributed by atoms with Crippen LogP contribution in [0.1, 0.15) is 18.1 Å². The molecule has 0 saturated carbocycles. The van der Waals surface area contributed by atoms with Gasteiger partial charge in [-0.05, 0) is 43.7 Å². The zero-order chi connectivity index (χ0) is 15.2.